The Bertz CT molecular complexity index is 734. The zero-order valence-corrected chi connectivity index (χ0v) is 16.9. The molecule has 140 valence electrons. The molecule has 0 unspecified atom stereocenters. The molecule has 2 heterocycles. The molecule has 0 amide bonds. The minimum atomic E-state index is -0.447. The predicted octanol–water partition coefficient (Wildman–Crippen LogP) is 2.88. The summed E-state index contributed by atoms with van der Waals surface area (Å²) in [6.45, 7) is 3.40. The van der Waals surface area contributed by atoms with Crippen molar-refractivity contribution < 1.29 is 8.78 Å². The highest BCUT2D eigenvalue weighted by Gasteiger charge is 2.20. The van der Waals surface area contributed by atoms with Crippen LogP contribution in [0.2, 0.25) is 0 Å². The quantitative estimate of drug-likeness (QED) is 0.423. The second kappa shape index (κ2) is 9.65. The van der Waals surface area contributed by atoms with Gasteiger partial charge in [0, 0.05) is 51.5 Å². The number of piperazine rings is 1. The van der Waals surface area contributed by atoms with Crippen LogP contribution in [0, 0.1) is 11.6 Å². The first kappa shape index (κ1) is 20.3. The van der Waals surface area contributed by atoms with Gasteiger partial charge in [-0.3, -0.25) is 4.99 Å². The third-order valence-corrected chi connectivity index (χ3v) is 4.21. The Morgan fingerprint density at radius 2 is 1.92 bits per heavy atom. The van der Waals surface area contributed by atoms with Crippen LogP contribution in [0.15, 0.2) is 47.6 Å². The van der Waals surface area contributed by atoms with Crippen LogP contribution in [0.5, 0.6) is 0 Å². The molecule has 5 nitrogen and oxygen atoms in total. The van der Waals surface area contributed by atoms with E-state index in [0.29, 0.717) is 5.96 Å². The molecule has 0 spiro atoms. The molecule has 1 aliphatic rings. The lowest BCUT2D eigenvalue weighted by atomic mass is 10.2. The van der Waals surface area contributed by atoms with Gasteiger partial charge in [-0.05, 0) is 30.3 Å². The average molecular weight is 473 g/mol. The van der Waals surface area contributed by atoms with Crippen LogP contribution in [0.25, 0.3) is 0 Å². The average Bonchev–Trinajstić information content (AvgIpc) is 2.66. The summed E-state index contributed by atoms with van der Waals surface area (Å²) < 4.78 is 27.0. The summed E-state index contributed by atoms with van der Waals surface area (Å²) in [5.41, 5.74) is 0.285. The molecule has 8 heteroatoms. The lowest BCUT2D eigenvalue weighted by Gasteiger charge is -2.37. The van der Waals surface area contributed by atoms with Crippen molar-refractivity contribution >= 4 is 35.8 Å². The summed E-state index contributed by atoms with van der Waals surface area (Å²) in [5, 5.41) is 3.11. The Hall–Kier alpha value is -1.97. The van der Waals surface area contributed by atoms with Crippen molar-refractivity contribution in [1.82, 2.24) is 15.2 Å². The van der Waals surface area contributed by atoms with Crippen molar-refractivity contribution in [3.8, 4) is 0 Å². The van der Waals surface area contributed by atoms with E-state index < -0.39 is 11.6 Å². The maximum absolute atomic E-state index is 13.7. The van der Waals surface area contributed by atoms with Crippen LogP contribution in [0.3, 0.4) is 0 Å². The van der Waals surface area contributed by atoms with Gasteiger partial charge in [-0.1, -0.05) is 6.07 Å². The fourth-order valence-corrected chi connectivity index (χ4v) is 2.87. The van der Waals surface area contributed by atoms with Crippen molar-refractivity contribution in [2.75, 3.05) is 38.1 Å². The monoisotopic (exact) mass is 473 g/mol. The zero-order chi connectivity index (χ0) is 17.6. The van der Waals surface area contributed by atoms with Gasteiger partial charge in [0.25, 0.3) is 0 Å². The molecule has 26 heavy (non-hydrogen) atoms. The van der Waals surface area contributed by atoms with Crippen molar-refractivity contribution in [3.63, 3.8) is 0 Å². The molecule has 3 rings (SSSR count). The number of nitrogens with zero attached hydrogens (tertiary/aromatic N) is 4. The van der Waals surface area contributed by atoms with Crippen LogP contribution in [0.4, 0.5) is 14.6 Å². The van der Waals surface area contributed by atoms with Gasteiger partial charge in [0.05, 0.1) is 0 Å². The topological polar surface area (TPSA) is 43.8 Å². The van der Waals surface area contributed by atoms with E-state index in [9.17, 15) is 8.78 Å². The SMILES string of the molecule is CN=C(NCc1cc(F)ccc1F)N1CCN(c2ccccn2)CC1.I. The van der Waals surface area contributed by atoms with Crippen LogP contribution in [-0.2, 0) is 6.54 Å². The first-order valence-electron chi connectivity index (χ1n) is 8.23. The number of aliphatic imine (C=N–C) groups is 1. The van der Waals surface area contributed by atoms with Crippen molar-refractivity contribution in [2.45, 2.75) is 6.54 Å². The zero-order valence-electron chi connectivity index (χ0n) is 14.5. The van der Waals surface area contributed by atoms with Gasteiger partial charge < -0.3 is 15.1 Å². The van der Waals surface area contributed by atoms with Gasteiger partial charge >= 0.3 is 0 Å². The third-order valence-electron chi connectivity index (χ3n) is 4.21. The highest BCUT2D eigenvalue weighted by molar-refractivity contribution is 14.0. The lowest BCUT2D eigenvalue weighted by molar-refractivity contribution is 0.371. The molecular weight excluding hydrogens is 451 g/mol. The Kier molecular flexibility index (Phi) is 7.55. The smallest absolute Gasteiger partial charge is 0.194 e. The van der Waals surface area contributed by atoms with Crippen molar-refractivity contribution in [3.05, 3.63) is 59.8 Å². The van der Waals surface area contributed by atoms with E-state index in [1.807, 2.05) is 18.2 Å². The summed E-state index contributed by atoms with van der Waals surface area (Å²) >= 11 is 0. The number of guanidine groups is 1. The van der Waals surface area contributed by atoms with Gasteiger partial charge in [0.1, 0.15) is 17.5 Å². The summed E-state index contributed by atoms with van der Waals surface area (Å²) in [4.78, 5) is 13.0. The highest BCUT2D eigenvalue weighted by atomic mass is 127. The van der Waals surface area contributed by atoms with Crippen LogP contribution in [-0.4, -0.2) is 49.1 Å². The van der Waals surface area contributed by atoms with Gasteiger partial charge in [-0.2, -0.15) is 0 Å². The molecular formula is C18H22F2IN5. The summed E-state index contributed by atoms with van der Waals surface area (Å²) in [7, 11) is 1.69. The molecule has 1 fully saturated rings. The number of nitrogens with one attached hydrogen (secondary N) is 1. The molecule has 0 aliphatic carbocycles. The number of anilines is 1. The fourth-order valence-electron chi connectivity index (χ4n) is 2.87. The molecule has 1 aromatic carbocycles. The number of hydrogen-bond donors (Lipinski definition) is 1. The van der Waals surface area contributed by atoms with E-state index >= 15 is 0 Å². The summed E-state index contributed by atoms with van der Waals surface area (Å²) in [6.07, 6.45) is 1.79. The van der Waals surface area contributed by atoms with Gasteiger partial charge in [-0.25, -0.2) is 13.8 Å². The summed E-state index contributed by atoms with van der Waals surface area (Å²) in [6, 6.07) is 9.33. The number of aromatic nitrogens is 1. The first-order chi connectivity index (χ1) is 12.2. The number of pyridine rings is 1. The normalized spacial score (nSPS) is 14.8. The van der Waals surface area contributed by atoms with E-state index in [-0.39, 0.29) is 36.1 Å². The van der Waals surface area contributed by atoms with Gasteiger partial charge in [0.15, 0.2) is 5.96 Å². The van der Waals surface area contributed by atoms with Crippen LogP contribution < -0.4 is 10.2 Å². The number of benzene rings is 1. The predicted molar refractivity (Wildman–Crippen MR) is 110 cm³/mol. The molecule has 0 saturated carbocycles. The molecule has 1 aliphatic heterocycles. The molecule has 1 aromatic heterocycles. The fraction of sp³-hybridized carbons (Fsp3) is 0.333. The minimum Gasteiger partial charge on any atom is -0.353 e. The second-order valence-corrected chi connectivity index (χ2v) is 5.80. The maximum Gasteiger partial charge on any atom is 0.194 e. The van der Waals surface area contributed by atoms with Gasteiger partial charge in [0.2, 0.25) is 0 Å². The van der Waals surface area contributed by atoms with Crippen molar-refractivity contribution in [1.29, 1.82) is 0 Å². The number of halogens is 3. The summed E-state index contributed by atoms with van der Waals surface area (Å²) in [5.74, 6) is 0.776. The minimum absolute atomic E-state index is 0. The van der Waals surface area contributed by atoms with Crippen LogP contribution in [0.1, 0.15) is 5.56 Å². The molecule has 2 aromatic rings. The Morgan fingerprint density at radius 1 is 1.15 bits per heavy atom. The van der Waals surface area contributed by atoms with Crippen LogP contribution >= 0.6 is 24.0 Å². The lowest BCUT2D eigenvalue weighted by Crippen LogP contribution is -2.52. The van der Waals surface area contributed by atoms with E-state index in [2.05, 4.69) is 25.1 Å². The Balaban J connectivity index is 0.00000243. The molecule has 0 atom stereocenters. The standard InChI is InChI=1S/C18H21F2N5.HI/c1-21-18(23-13-14-12-15(19)5-6-16(14)20)25-10-8-24(9-11-25)17-4-2-3-7-22-17;/h2-7,12H,8-11,13H2,1H3,(H,21,23);1H. The Labute approximate surface area is 169 Å². The Morgan fingerprint density at radius 3 is 2.58 bits per heavy atom. The van der Waals surface area contributed by atoms with E-state index in [1.54, 1.807) is 13.2 Å². The second-order valence-electron chi connectivity index (χ2n) is 5.80. The van der Waals surface area contributed by atoms with Crippen molar-refractivity contribution in [2.24, 2.45) is 4.99 Å². The van der Waals surface area contributed by atoms with E-state index in [4.69, 9.17) is 0 Å². The maximum atomic E-state index is 13.7. The largest absolute Gasteiger partial charge is 0.353 e. The van der Waals surface area contributed by atoms with E-state index in [0.717, 1.165) is 44.1 Å². The molecule has 0 bridgehead atoms. The molecule has 0 radical (unpaired) electrons. The van der Waals surface area contributed by atoms with Gasteiger partial charge in [-0.15, -0.1) is 24.0 Å². The molecule has 1 N–H and O–H groups in total. The highest BCUT2D eigenvalue weighted by Crippen LogP contribution is 2.13. The van der Waals surface area contributed by atoms with E-state index in [1.165, 1.54) is 6.07 Å². The number of hydrogen-bond acceptors (Lipinski definition) is 3. The first-order valence-corrected chi connectivity index (χ1v) is 8.23. The number of rotatable bonds is 3. The molecule has 1 saturated heterocycles. The third kappa shape index (κ3) is 5.03.